The van der Waals surface area contributed by atoms with Gasteiger partial charge >= 0.3 is 0 Å². The van der Waals surface area contributed by atoms with Crippen molar-refractivity contribution >= 4 is 76.1 Å². The predicted octanol–water partition coefficient (Wildman–Crippen LogP) is 16.6. The first-order valence-electron chi connectivity index (χ1n) is 23.1. The third-order valence-electron chi connectivity index (χ3n) is 13.1. The molecule has 2 aromatic heterocycles. The molecule has 1 aliphatic carbocycles. The van der Waals surface area contributed by atoms with Crippen molar-refractivity contribution < 1.29 is 0 Å². The number of thiophene rings is 1. The highest BCUT2D eigenvalue weighted by atomic mass is 32.1. The van der Waals surface area contributed by atoms with Gasteiger partial charge in [-0.3, -0.25) is 4.99 Å². The van der Waals surface area contributed by atoms with Gasteiger partial charge in [0.15, 0.2) is 0 Å². The minimum Gasteiger partial charge on any atom is -0.398 e. The molecule has 67 heavy (non-hydrogen) atoms. The van der Waals surface area contributed by atoms with Crippen molar-refractivity contribution in [1.29, 1.82) is 0 Å². The standard InChI is InChI=1S/C62H50N4S/c1-4-20-43(21-5-2)56(64-41(3)42-22-10-6-11-23-42)40-55(63)53-33-19-32-52-51-31-18-30-49(61(51)67-62(52)53)44-34-36-57-54(39-44)50-35-37-58-59(60(50)66(57)47-27-15-9-16-28-47)45-24-12-7-17-29-48(38-45)65(58)46-25-13-8-14-26-46/h4-23,25-41,45H,1,24,63H2,2-3H3/b12-7-,21-5-,29-17-,43-20+,55-40-,64-56+. The molecule has 3 heterocycles. The van der Waals surface area contributed by atoms with Gasteiger partial charge in [0.25, 0.3) is 0 Å². The molecule has 324 valence electrons. The number of nitrogens with two attached hydrogens (primary N) is 1. The second-order valence-corrected chi connectivity index (χ2v) is 18.2. The summed E-state index contributed by atoms with van der Waals surface area (Å²) in [4.78, 5) is 7.67. The monoisotopic (exact) mass is 882 g/mol. The Morgan fingerprint density at radius 1 is 0.761 bits per heavy atom. The third kappa shape index (κ3) is 7.48. The first-order valence-corrected chi connectivity index (χ1v) is 23.9. The number of fused-ring (bicyclic) bond motifs is 10. The molecule has 5 heteroatoms. The Morgan fingerprint density at radius 2 is 1.49 bits per heavy atom. The number of aliphatic imine (C=N–C) groups is 1. The topological polar surface area (TPSA) is 46.5 Å². The quantitative estimate of drug-likeness (QED) is 0.110. The number of anilines is 2. The van der Waals surface area contributed by atoms with Crippen LogP contribution in [-0.2, 0) is 0 Å². The number of hydrogen-bond acceptors (Lipinski definition) is 4. The number of para-hydroxylation sites is 2. The third-order valence-corrected chi connectivity index (χ3v) is 14.4. The minimum atomic E-state index is -0.0736. The number of benzene rings is 7. The zero-order chi connectivity index (χ0) is 45.4. The smallest absolute Gasteiger partial charge is 0.0728 e. The van der Waals surface area contributed by atoms with Crippen molar-refractivity contribution in [2.24, 2.45) is 10.7 Å². The Kier molecular flexibility index (Phi) is 11.1. The maximum absolute atomic E-state index is 7.17. The molecule has 0 saturated heterocycles. The van der Waals surface area contributed by atoms with E-state index in [1.807, 2.05) is 42.6 Å². The first kappa shape index (κ1) is 41.7. The molecular weight excluding hydrogens is 833 g/mol. The molecule has 2 bridgehead atoms. The Labute approximate surface area is 396 Å². The summed E-state index contributed by atoms with van der Waals surface area (Å²) in [6.07, 6.45) is 22.2. The van der Waals surface area contributed by atoms with Crippen LogP contribution in [-0.4, -0.2) is 10.3 Å². The van der Waals surface area contributed by atoms with Gasteiger partial charge in [-0.05, 0) is 97.1 Å². The largest absolute Gasteiger partial charge is 0.398 e. The van der Waals surface area contributed by atoms with Gasteiger partial charge < -0.3 is 15.2 Å². The molecule has 2 aliphatic rings. The Bertz CT molecular complexity index is 3600. The van der Waals surface area contributed by atoms with Gasteiger partial charge in [-0.2, -0.15) is 0 Å². The lowest BCUT2D eigenvalue weighted by Crippen LogP contribution is -2.23. The molecule has 4 nitrogen and oxygen atoms in total. The molecule has 1 aliphatic heterocycles. The van der Waals surface area contributed by atoms with Crippen molar-refractivity contribution in [2.75, 3.05) is 4.90 Å². The molecule has 0 fully saturated rings. The first-order chi connectivity index (χ1) is 33.0. The van der Waals surface area contributed by atoms with Crippen molar-refractivity contribution in [2.45, 2.75) is 32.2 Å². The summed E-state index contributed by atoms with van der Waals surface area (Å²) < 4.78 is 4.89. The second kappa shape index (κ2) is 17.8. The van der Waals surface area contributed by atoms with Gasteiger partial charge in [0.2, 0.25) is 0 Å². The lowest BCUT2D eigenvalue weighted by atomic mass is 9.86. The van der Waals surface area contributed by atoms with Crippen molar-refractivity contribution in [3.63, 3.8) is 0 Å². The highest BCUT2D eigenvalue weighted by Crippen LogP contribution is 2.50. The number of nitrogens with zero attached hydrogens (tertiary/aromatic N) is 3. The Balaban J connectivity index is 1.08. The maximum Gasteiger partial charge on any atom is 0.0728 e. The summed E-state index contributed by atoms with van der Waals surface area (Å²) in [6.45, 7) is 8.15. The second-order valence-electron chi connectivity index (χ2n) is 17.2. The van der Waals surface area contributed by atoms with Gasteiger partial charge in [0.1, 0.15) is 0 Å². The van der Waals surface area contributed by atoms with Crippen LogP contribution in [0.4, 0.5) is 11.4 Å². The highest BCUT2D eigenvalue weighted by Gasteiger charge is 2.31. The van der Waals surface area contributed by atoms with E-state index in [0.717, 1.165) is 44.9 Å². The fourth-order valence-electron chi connectivity index (χ4n) is 10.1. The van der Waals surface area contributed by atoms with Crippen molar-refractivity contribution in [3.8, 4) is 16.8 Å². The molecule has 0 amide bonds. The molecule has 2 N–H and O–H groups in total. The molecule has 0 saturated carbocycles. The Hall–Kier alpha value is -7.99. The highest BCUT2D eigenvalue weighted by molar-refractivity contribution is 7.26. The fraction of sp³-hybridized carbons (Fsp3) is 0.0806. The molecule has 11 rings (SSSR count). The molecule has 9 aromatic rings. The lowest BCUT2D eigenvalue weighted by Gasteiger charge is -2.36. The van der Waals surface area contributed by atoms with Gasteiger partial charge in [-0.15, -0.1) is 11.3 Å². The number of hydrogen-bond donors (Lipinski definition) is 1. The number of allylic oxidation sites excluding steroid dienone is 11. The van der Waals surface area contributed by atoms with Crippen LogP contribution in [0.15, 0.2) is 241 Å². The fourth-order valence-corrected chi connectivity index (χ4v) is 11.5. The van der Waals surface area contributed by atoms with Crippen molar-refractivity contribution in [1.82, 2.24) is 4.57 Å². The van der Waals surface area contributed by atoms with Crippen LogP contribution in [0.5, 0.6) is 0 Å². The average Bonchev–Trinajstić information content (AvgIpc) is 3.92. The normalized spacial score (nSPS) is 16.9. The lowest BCUT2D eigenvalue weighted by molar-refractivity contribution is 0.821. The zero-order valence-electron chi connectivity index (χ0n) is 37.7. The van der Waals surface area contributed by atoms with Crippen LogP contribution in [0.25, 0.3) is 64.5 Å². The summed E-state index contributed by atoms with van der Waals surface area (Å²) >= 11 is 1.81. The molecule has 0 radical (unpaired) electrons. The molecule has 7 aromatic carbocycles. The van der Waals surface area contributed by atoms with E-state index < -0.39 is 0 Å². The van der Waals surface area contributed by atoms with E-state index in [1.54, 1.807) is 6.08 Å². The van der Waals surface area contributed by atoms with Crippen LogP contribution in [0.1, 0.15) is 48.9 Å². The molecular formula is C62H50N4S. The summed E-state index contributed by atoms with van der Waals surface area (Å²) in [5.74, 6) is 0.200. The van der Waals surface area contributed by atoms with Gasteiger partial charge in [-0.25, -0.2) is 0 Å². The van der Waals surface area contributed by atoms with Gasteiger partial charge in [0, 0.05) is 70.8 Å². The van der Waals surface area contributed by atoms with Crippen molar-refractivity contribution in [3.05, 3.63) is 253 Å². The van der Waals surface area contributed by atoms with Gasteiger partial charge in [-0.1, -0.05) is 170 Å². The van der Waals surface area contributed by atoms with Crippen LogP contribution < -0.4 is 10.6 Å². The molecule has 2 unspecified atom stereocenters. The van der Waals surface area contributed by atoms with Crippen LogP contribution in [0, 0.1) is 0 Å². The molecule has 0 spiro atoms. The number of rotatable bonds is 10. The summed E-state index contributed by atoms with van der Waals surface area (Å²) in [5.41, 5.74) is 22.6. The summed E-state index contributed by atoms with van der Waals surface area (Å²) in [5, 5.41) is 4.88. The van der Waals surface area contributed by atoms with E-state index in [0.29, 0.717) is 5.70 Å². The van der Waals surface area contributed by atoms with E-state index in [4.69, 9.17) is 10.7 Å². The molecule has 2 atom stereocenters. The van der Waals surface area contributed by atoms with Gasteiger partial charge in [0.05, 0.1) is 28.5 Å². The zero-order valence-corrected chi connectivity index (χ0v) is 38.5. The van der Waals surface area contributed by atoms with E-state index in [9.17, 15) is 0 Å². The summed E-state index contributed by atoms with van der Waals surface area (Å²) in [6, 6.07) is 56.9. The van der Waals surface area contributed by atoms with Crippen LogP contribution in [0.3, 0.4) is 0 Å². The van der Waals surface area contributed by atoms with Crippen LogP contribution >= 0.6 is 11.3 Å². The SMILES string of the molecule is C=C/C=C(\C=C/C)C(/C=C(\N)c1cccc2c1sc1c(-c3ccc4c(c3)c3ccc5c(c3n4-c3ccccc3)C3C=C(/C=C\C=C/C3)N5c3ccccc3)cccc12)=N/C(C)c1ccccc1. The van der Waals surface area contributed by atoms with E-state index in [2.05, 4.69) is 211 Å². The van der Waals surface area contributed by atoms with E-state index >= 15 is 0 Å². The summed E-state index contributed by atoms with van der Waals surface area (Å²) in [7, 11) is 0. The minimum absolute atomic E-state index is 0.0736. The average molecular weight is 883 g/mol. The Morgan fingerprint density at radius 3 is 2.25 bits per heavy atom. The maximum atomic E-state index is 7.17. The predicted molar refractivity (Wildman–Crippen MR) is 289 cm³/mol. The van der Waals surface area contributed by atoms with Crippen LogP contribution in [0.2, 0.25) is 0 Å². The van der Waals surface area contributed by atoms with E-state index in [1.165, 1.54) is 65.4 Å². The number of aromatic nitrogens is 1. The van der Waals surface area contributed by atoms with E-state index in [-0.39, 0.29) is 12.0 Å².